The van der Waals surface area contributed by atoms with E-state index < -0.39 is 11.7 Å². The van der Waals surface area contributed by atoms with E-state index >= 15 is 0 Å². The van der Waals surface area contributed by atoms with E-state index in [9.17, 15) is 13.2 Å². The van der Waals surface area contributed by atoms with Crippen molar-refractivity contribution in [3.8, 4) is 11.1 Å². The number of benzene rings is 1. The molecule has 0 spiro atoms. The average molecular weight is 426 g/mol. The van der Waals surface area contributed by atoms with Gasteiger partial charge in [-0.15, -0.1) is 0 Å². The fourth-order valence-electron chi connectivity index (χ4n) is 4.25. The fraction of sp³-hybridized carbons (Fsp3) is 0.318. The summed E-state index contributed by atoms with van der Waals surface area (Å²) >= 11 is 0. The molecule has 1 saturated carbocycles. The van der Waals surface area contributed by atoms with Crippen molar-refractivity contribution >= 4 is 27.8 Å². The smallest absolute Gasteiger partial charge is 0.361 e. The highest BCUT2D eigenvalue weighted by molar-refractivity contribution is 6.03. The third-order valence-corrected chi connectivity index (χ3v) is 5.92. The van der Waals surface area contributed by atoms with Crippen LogP contribution in [0.15, 0.2) is 43.0 Å². The largest absolute Gasteiger partial charge is 0.416 e. The lowest BCUT2D eigenvalue weighted by Gasteiger charge is -2.29. The molecule has 1 aliphatic carbocycles. The molecule has 31 heavy (non-hydrogen) atoms. The van der Waals surface area contributed by atoms with Crippen LogP contribution < -0.4 is 11.1 Å². The molecule has 0 aliphatic heterocycles. The molecule has 5 rings (SSSR count). The Bertz CT molecular complexity index is 1250. The Hall–Kier alpha value is -3.20. The van der Waals surface area contributed by atoms with E-state index in [0.717, 1.165) is 54.3 Å². The summed E-state index contributed by atoms with van der Waals surface area (Å²) in [6.45, 7) is 0. The number of aromatic amines is 1. The summed E-state index contributed by atoms with van der Waals surface area (Å²) in [4.78, 5) is 16.3. The average Bonchev–Trinajstić information content (AvgIpc) is 3.17. The number of fused-ring (bicyclic) bond motifs is 2. The predicted octanol–water partition coefficient (Wildman–Crippen LogP) is 4.87. The van der Waals surface area contributed by atoms with Crippen molar-refractivity contribution in [3.05, 3.63) is 48.5 Å². The number of rotatable bonds is 3. The van der Waals surface area contributed by atoms with Gasteiger partial charge in [0.25, 0.3) is 0 Å². The maximum atomic E-state index is 13.1. The lowest BCUT2D eigenvalue weighted by molar-refractivity contribution is -0.137. The standard InChI is InChI=1S/C22H21F3N6/c23-22(24,25)13-5-6-14-15(11-28-19(14)7-13)16-10-27-8-12-9-29-21(31-20(12)16)30-18-4-2-1-3-17(18)26/h5-11,17-18,28H,1-4,26H2,(H,29,30,31)/t17-,18+/m1/s1. The van der Waals surface area contributed by atoms with Crippen LogP contribution in [-0.2, 0) is 6.18 Å². The van der Waals surface area contributed by atoms with Crippen LogP contribution in [0.4, 0.5) is 19.1 Å². The number of nitrogens with two attached hydrogens (primary N) is 1. The molecule has 3 heterocycles. The SMILES string of the molecule is N[C@@H]1CCCC[C@@H]1Nc1ncc2cncc(-c3c[nH]c4cc(C(F)(F)F)ccc34)c2n1. The van der Waals surface area contributed by atoms with E-state index in [4.69, 9.17) is 10.7 Å². The van der Waals surface area contributed by atoms with E-state index in [1.807, 2.05) is 0 Å². The highest BCUT2D eigenvalue weighted by Gasteiger charge is 2.31. The van der Waals surface area contributed by atoms with Gasteiger partial charge in [-0.05, 0) is 25.0 Å². The Kier molecular flexibility index (Phi) is 4.77. The minimum absolute atomic E-state index is 0.0569. The normalized spacial score (nSPS) is 19.7. The molecular formula is C22H21F3N6. The van der Waals surface area contributed by atoms with Gasteiger partial charge in [-0.1, -0.05) is 18.9 Å². The molecule has 3 aromatic heterocycles. The summed E-state index contributed by atoms with van der Waals surface area (Å²) in [6, 6.07) is 3.85. The van der Waals surface area contributed by atoms with Gasteiger partial charge in [-0.3, -0.25) is 4.98 Å². The van der Waals surface area contributed by atoms with E-state index in [1.165, 1.54) is 6.07 Å². The van der Waals surface area contributed by atoms with Crippen LogP contribution in [0.2, 0.25) is 0 Å². The number of alkyl halides is 3. The van der Waals surface area contributed by atoms with E-state index in [2.05, 4.69) is 20.3 Å². The summed E-state index contributed by atoms with van der Waals surface area (Å²) < 4.78 is 39.2. The number of H-pyrrole nitrogens is 1. The first-order valence-electron chi connectivity index (χ1n) is 10.2. The minimum Gasteiger partial charge on any atom is -0.361 e. The second kappa shape index (κ2) is 7.49. The number of aromatic nitrogens is 4. The Morgan fingerprint density at radius 2 is 1.90 bits per heavy atom. The molecule has 0 unspecified atom stereocenters. The number of nitrogens with zero attached hydrogens (tertiary/aromatic N) is 3. The van der Waals surface area contributed by atoms with Crippen molar-refractivity contribution in [2.24, 2.45) is 5.73 Å². The summed E-state index contributed by atoms with van der Waals surface area (Å²) in [5, 5.41) is 4.77. The molecule has 2 atom stereocenters. The van der Waals surface area contributed by atoms with Crippen LogP contribution in [0.1, 0.15) is 31.2 Å². The van der Waals surface area contributed by atoms with Crippen LogP contribution in [0.3, 0.4) is 0 Å². The molecule has 9 heteroatoms. The maximum absolute atomic E-state index is 13.1. The number of pyridine rings is 1. The summed E-state index contributed by atoms with van der Waals surface area (Å²) in [7, 11) is 0. The zero-order chi connectivity index (χ0) is 21.6. The monoisotopic (exact) mass is 426 g/mol. The first kappa shape index (κ1) is 19.7. The van der Waals surface area contributed by atoms with Crippen molar-refractivity contribution < 1.29 is 13.2 Å². The van der Waals surface area contributed by atoms with E-state index in [0.29, 0.717) is 22.4 Å². The van der Waals surface area contributed by atoms with Gasteiger partial charge in [0.1, 0.15) is 0 Å². The molecule has 0 amide bonds. The van der Waals surface area contributed by atoms with Gasteiger partial charge in [0.2, 0.25) is 5.95 Å². The number of nitrogens with one attached hydrogen (secondary N) is 2. The maximum Gasteiger partial charge on any atom is 0.416 e. The van der Waals surface area contributed by atoms with Crippen molar-refractivity contribution in [2.75, 3.05) is 5.32 Å². The molecule has 4 aromatic rings. The third kappa shape index (κ3) is 3.69. The van der Waals surface area contributed by atoms with Gasteiger partial charge >= 0.3 is 6.18 Å². The molecule has 0 saturated heterocycles. The van der Waals surface area contributed by atoms with Gasteiger partial charge in [-0.2, -0.15) is 13.2 Å². The zero-order valence-corrected chi connectivity index (χ0v) is 16.6. The molecule has 160 valence electrons. The van der Waals surface area contributed by atoms with Gasteiger partial charge in [-0.25, -0.2) is 9.97 Å². The summed E-state index contributed by atoms with van der Waals surface area (Å²) in [5.41, 5.74) is 8.09. The van der Waals surface area contributed by atoms with Crippen molar-refractivity contribution in [1.82, 2.24) is 19.9 Å². The van der Waals surface area contributed by atoms with Crippen molar-refractivity contribution in [3.63, 3.8) is 0 Å². The molecule has 1 aromatic carbocycles. The minimum atomic E-state index is -4.39. The zero-order valence-electron chi connectivity index (χ0n) is 16.6. The molecule has 1 fully saturated rings. The number of hydrogen-bond acceptors (Lipinski definition) is 5. The van der Waals surface area contributed by atoms with Gasteiger partial charge in [0.05, 0.1) is 11.1 Å². The van der Waals surface area contributed by atoms with Crippen LogP contribution in [0.25, 0.3) is 32.9 Å². The number of anilines is 1. The number of hydrogen-bond donors (Lipinski definition) is 3. The van der Waals surface area contributed by atoms with Crippen molar-refractivity contribution in [1.29, 1.82) is 0 Å². The first-order valence-corrected chi connectivity index (χ1v) is 10.2. The molecule has 0 radical (unpaired) electrons. The van der Waals surface area contributed by atoms with Gasteiger partial charge < -0.3 is 16.0 Å². The van der Waals surface area contributed by atoms with Crippen molar-refractivity contribution in [2.45, 2.75) is 43.9 Å². The van der Waals surface area contributed by atoms with E-state index in [-0.39, 0.29) is 12.1 Å². The number of halogens is 3. The Morgan fingerprint density at radius 3 is 2.71 bits per heavy atom. The second-order valence-electron chi connectivity index (χ2n) is 7.98. The van der Waals surface area contributed by atoms with E-state index in [1.54, 1.807) is 24.8 Å². The predicted molar refractivity (Wildman–Crippen MR) is 113 cm³/mol. The van der Waals surface area contributed by atoms with Crippen LogP contribution in [-0.4, -0.2) is 32.0 Å². The summed E-state index contributed by atoms with van der Waals surface area (Å²) in [5.74, 6) is 0.487. The molecule has 0 bridgehead atoms. The Morgan fingerprint density at radius 1 is 1.06 bits per heavy atom. The first-order chi connectivity index (χ1) is 14.9. The molecular weight excluding hydrogens is 405 g/mol. The summed E-state index contributed by atoms with van der Waals surface area (Å²) in [6.07, 6.45) is 6.52. The molecule has 4 N–H and O–H groups in total. The quantitative estimate of drug-likeness (QED) is 0.435. The second-order valence-corrected chi connectivity index (χ2v) is 7.98. The van der Waals surface area contributed by atoms with Gasteiger partial charge in [0, 0.05) is 64.3 Å². The third-order valence-electron chi connectivity index (χ3n) is 5.92. The highest BCUT2D eigenvalue weighted by atomic mass is 19.4. The van der Waals surface area contributed by atoms with Crippen LogP contribution >= 0.6 is 0 Å². The Balaban J connectivity index is 1.57. The van der Waals surface area contributed by atoms with Crippen LogP contribution in [0, 0.1) is 0 Å². The fourth-order valence-corrected chi connectivity index (χ4v) is 4.25. The topological polar surface area (TPSA) is 92.5 Å². The molecule has 1 aliphatic rings. The van der Waals surface area contributed by atoms with Crippen LogP contribution in [0.5, 0.6) is 0 Å². The molecule has 6 nitrogen and oxygen atoms in total. The lowest BCUT2D eigenvalue weighted by Crippen LogP contribution is -2.42. The van der Waals surface area contributed by atoms with Gasteiger partial charge in [0.15, 0.2) is 0 Å². The lowest BCUT2D eigenvalue weighted by atomic mass is 9.91. The Labute approximate surface area is 176 Å². The highest BCUT2D eigenvalue weighted by Crippen LogP contribution is 2.36.